The molecule has 0 aromatic heterocycles. The highest BCUT2D eigenvalue weighted by atomic mass is 16.5. The zero-order valence-corrected chi connectivity index (χ0v) is 12.2. The molecule has 6 nitrogen and oxygen atoms in total. The Morgan fingerprint density at radius 2 is 2.19 bits per heavy atom. The van der Waals surface area contributed by atoms with Gasteiger partial charge in [0.15, 0.2) is 0 Å². The number of anilines is 1. The molecule has 0 radical (unpaired) electrons. The lowest BCUT2D eigenvalue weighted by Crippen LogP contribution is -2.34. The van der Waals surface area contributed by atoms with Crippen molar-refractivity contribution in [1.82, 2.24) is 4.90 Å². The van der Waals surface area contributed by atoms with Crippen molar-refractivity contribution in [3.63, 3.8) is 0 Å². The number of aliphatic carboxylic acids is 1. The molecule has 2 N–H and O–H groups in total. The summed E-state index contributed by atoms with van der Waals surface area (Å²) in [6.45, 7) is 3.50. The van der Waals surface area contributed by atoms with Crippen LogP contribution in [0.1, 0.15) is 12.5 Å². The zero-order chi connectivity index (χ0) is 15.7. The van der Waals surface area contributed by atoms with E-state index in [0.717, 1.165) is 6.08 Å². The van der Waals surface area contributed by atoms with E-state index in [1.165, 1.54) is 11.0 Å². The van der Waals surface area contributed by atoms with Crippen LogP contribution in [0, 0.1) is 0 Å². The Bertz CT molecular complexity index is 514. The van der Waals surface area contributed by atoms with E-state index in [-0.39, 0.29) is 6.03 Å². The molecular formula is C15H20N2O4. The summed E-state index contributed by atoms with van der Waals surface area (Å²) in [7, 11) is 1.68. The molecule has 0 aliphatic carbocycles. The first-order valence-corrected chi connectivity index (χ1v) is 6.64. The van der Waals surface area contributed by atoms with Crippen molar-refractivity contribution in [2.24, 2.45) is 0 Å². The quantitative estimate of drug-likeness (QED) is 0.597. The highest BCUT2D eigenvalue weighted by molar-refractivity contribution is 5.90. The lowest BCUT2D eigenvalue weighted by atomic mass is 10.2. The molecule has 0 unspecified atom stereocenters. The summed E-state index contributed by atoms with van der Waals surface area (Å²) in [5.74, 6) is -1.01. The highest BCUT2D eigenvalue weighted by Crippen LogP contribution is 2.12. The molecule has 0 aliphatic heterocycles. The van der Waals surface area contributed by atoms with Gasteiger partial charge in [0, 0.05) is 32.0 Å². The Labute approximate surface area is 124 Å². The number of urea groups is 1. The molecule has 0 spiro atoms. The molecule has 1 aromatic rings. The molecule has 0 heterocycles. The van der Waals surface area contributed by atoms with E-state index in [1.807, 2.05) is 6.92 Å². The number of hydrogen-bond donors (Lipinski definition) is 2. The van der Waals surface area contributed by atoms with Gasteiger partial charge in [0.1, 0.15) is 0 Å². The van der Waals surface area contributed by atoms with E-state index in [0.29, 0.717) is 31.0 Å². The molecule has 0 aliphatic rings. The molecule has 0 saturated heterocycles. The number of ether oxygens (including phenoxy) is 1. The lowest BCUT2D eigenvalue weighted by Gasteiger charge is -2.17. The number of rotatable bonds is 7. The zero-order valence-electron chi connectivity index (χ0n) is 12.2. The van der Waals surface area contributed by atoms with Crippen LogP contribution in [0.5, 0.6) is 0 Å². The van der Waals surface area contributed by atoms with E-state index in [2.05, 4.69) is 5.32 Å². The second kappa shape index (κ2) is 8.76. The number of likely N-dealkylation sites (N-methyl/N-ethyl adjacent to an activating group) is 1. The van der Waals surface area contributed by atoms with Gasteiger partial charge in [-0.3, -0.25) is 0 Å². The van der Waals surface area contributed by atoms with E-state index >= 15 is 0 Å². The van der Waals surface area contributed by atoms with Crippen LogP contribution in [0.15, 0.2) is 30.3 Å². The summed E-state index contributed by atoms with van der Waals surface area (Å²) >= 11 is 0. The maximum Gasteiger partial charge on any atom is 0.328 e. The molecule has 1 aromatic carbocycles. The van der Waals surface area contributed by atoms with Crippen LogP contribution in [-0.2, 0) is 9.53 Å². The molecule has 1 rings (SSSR count). The monoisotopic (exact) mass is 292 g/mol. The van der Waals surface area contributed by atoms with Crippen molar-refractivity contribution >= 4 is 23.8 Å². The Kier molecular flexibility index (Phi) is 6.97. The van der Waals surface area contributed by atoms with Gasteiger partial charge in [0.05, 0.1) is 6.61 Å². The fraction of sp³-hybridized carbons (Fsp3) is 0.333. The Balaban J connectivity index is 2.59. The SMILES string of the molecule is CCOCCN(C)C(=O)Nc1cccc(/C=C/C(=O)O)c1. The van der Waals surface area contributed by atoms with Crippen molar-refractivity contribution in [3.05, 3.63) is 35.9 Å². The van der Waals surface area contributed by atoms with Gasteiger partial charge in [0.25, 0.3) is 0 Å². The highest BCUT2D eigenvalue weighted by Gasteiger charge is 2.08. The van der Waals surface area contributed by atoms with Gasteiger partial charge in [-0.1, -0.05) is 12.1 Å². The first-order valence-electron chi connectivity index (χ1n) is 6.64. The average molecular weight is 292 g/mol. The molecule has 0 atom stereocenters. The van der Waals surface area contributed by atoms with Gasteiger partial charge in [-0.15, -0.1) is 0 Å². The van der Waals surface area contributed by atoms with Gasteiger partial charge in [-0.05, 0) is 30.7 Å². The Hall–Kier alpha value is -2.34. The number of amides is 2. The van der Waals surface area contributed by atoms with Crippen LogP contribution in [0.25, 0.3) is 6.08 Å². The van der Waals surface area contributed by atoms with Crippen molar-refractivity contribution in [1.29, 1.82) is 0 Å². The van der Waals surface area contributed by atoms with E-state index in [1.54, 1.807) is 31.3 Å². The maximum absolute atomic E-state index is 11.9. The molecule has 2 amide bonds. The summed E-state index contributed by atoms with van der Waals surface area (Å²) in [5.41, 5.74) is 1.31. The smallest absolute Gasteiger partial charge is 0.328 e. The van der Waals surface area contributed by atoms with Crippen molar-refractivity contribution in [2.75, 3.05) is 32.1 Å². The number of carboxylic acid groups (broad SMARTS) is 1. The number of carbonyl (C=O) groups excluding carboxylic acids is 1. The summed E-state index contributed by atoms with van der Waals surface area (Å²) in [6.07, 6.45) is 2.52. The number of nitrogens with one attached hydrogen (secondary N) is 1. The van der Waals surface area contributed by atoms with Crippen LogP contribution in [-0.4, -0.2) is 48.8 Å². The second-order valence-corrected chi connectivity index (χ2v) is 4.35. The van der Waals surface area contributed by atoms with Crippen LogP contribution in [0.3, 0.4) is 0 Å². The predicted molar refractivity (Wildman–Crippen MR) is 81.3 cm³/mol. The van der Waals surface area contributed by atoms with Crippen molar-refractivity contribution in [2.45, 2.75) is 6.92 Å². The topological polar surface area (TPSA) is 78.9 Å². The van der Waals surface area contributed by atoms with E-state index in [9.17, 15) is 9.59 Å². The second-order valence-electron chi connectivity index (χ2n) is 4.35. The predicted octanol–water partition coefficient (Wildman–Crippen LogP) is 2.28. The van der Waals surface area contributed by atoms with Gasteiger partial charge >= 0.3 is 12.0 Å². The Morgan fingerprint density at radius 1 is 1.43 bits per heavy atom. The van der Waals surface area contributed by atoms with Gasteiger partial charge in [-0.2, -0.15) is 0 Å². The van der Waals surface area contributed by atoms with Gasteiger partial charge in [0.2, 0.25) is 0 Å². The molecular weight excluding hydrogens is 272 g/mol. The number of benzene rings is 1. The number of hydrogen-bond acceptors (Lipinski definition) is 3. The molecule has 0 fully saturated rings. The average Bonchev–Trinajstić information content (AvgIpc) is 2.45. The largest absolute Gasteiger partial charge is 0.478 e. The van der Waals surface area contributed by atoms with E-state index in [4.69, 9.17) is 9.84 Å². The van der Waals surface area contributed by atoms with Gasteiger partial charge in [-0.25, -0.2) is 9.59 Å². The molecule has 21 heavy (non-hydrogen) atoms. The minimum absolute atomic E-state index is 0.242. The summed E-state index contributed by atoms with van der Waals surface area (Å²) in [6, 6.07) is 6.71. The minimum atomic E-state index is -1.01. The van der Waals surface area contributed by atoms with Crippen LogP contribution in [0.2, 0.25) is 0 Å². The third-order valence-corrected chi connectivity index (χ3v) is 2.68. The van der Waals surface area contributed by atoms with Crippen molar-refractivity contribution < 1.29 is 19.4 Å². The van der Waals surface area contributed by atoms with Gasteiger partial charge < -0.3 is 20.1 Å². The molecule has 6 heteroatoms. The fourth-order valence-corrected chi connectivity index (χ4v) is 1.55. The lowest BCUT2D eigenvalue weighted by molar-refractivity contribution is -0.131. The summed E-state index contributed by atoms with van der Waals surface area (Å²) in [4.78, 5) is 23.9. The standard InChI is InChI=1S/C15H20N2O4/c1-3-21-10-9-17(2)15(20)16-13-6-4-5-12(11-13)7-8-14(18)19/h4-8,11H,3,9-10H2,1-2H3,(H,16,20)(H,18,19)/b8-7+. The number of carbonyl (C=O) groups is 2. The third kappa shape index (κ3) is 6.58. The first-order chi connectivity index (χ1) is 10.0. The van der Waals surface area contributed by atoms with Crippen LogP contribution >= 0.6 is 0 Å². The summed E-state index contributed by atoms with van der Waals surface area (Å²) in [5, 5.41) is 11.3. The minimum Gasteiger partial charge on any atom is -0.478 e. The molecule has 0 saturated carbocycles. The number of carboxylic acids is 1. The van der Waals surface area contributed by atoms with Crippen LogP contribution < -0.4 is 5.32 Å². The molecule has 114 valence electrons. The number of nitrogens with zero attached hydrogens (tertiary/aromatic N) is 1. The van der Waals surface area contributed by atoms with Crippen molar-refractivity contribution in [3.8, 4) is 0 Å². The normalized spacial score (nSPS) is 10.6. The van der Waals surface area contributed by atoms with Crippen LogP contribution in [0.4, 0.5) is 10.5 Å². The first kappa shape index (κ1) is 16.7. The Morgan fingerprint density at radius 3 is 2.86 bits per heavy atom. The maximum atomic E-state index is 11.9. The third-order valence-electron chi connectivity index (χ3n) is 2.68. The fourth-order valence-electron chi connectivity index (χ4n) is 1.55. The molecule has 0 bridgehead atoms. The van der Waals surface area contributed by atoms with E-state index < -0.39 is 5.97 Å². The summed E-state index contributed by atoms with van der Waals surface area (Å²) < 4.78 is 5.19.